The summed E-state index contributed by atoms with van der Waals surface area (Å²) < 4.78 is 0. The number of anilines is 1. The van der Waals surface area contributed by atoms with E-state index in [1.165, 1.54) is 11.0 Å². The van der Waals surface area contributed by atoms with E-state index in [9.17, 15) is 9.90 Å². The van der Waals surface area contributed by atoms with Crippen LogP contribution >= 0.6 is 11.6 Å². The lowest BCUT2D eigenvalue weighted by molar-refractivity contribution is 0.122. The first-order valence-electron chi connectivity index (χ1n) is 6.86. The summed E-state index contributed by atoms with van der Waals surface area (Å²) in [6, 6.07) is 3.01. The lowest BCUT2D eigenvalue weighted by Gasteiger charge is -2.39. The van der Waals surface area contributed by atoms with E-state index in [0.717, 1.165) is 5.69 Å². The Balaban J connectivity index is 1.93. The Morgan fingerprint density at radius 3 is 2.86 bits per heavy atom. The number of piperazine rings is 1. The zero-order valence-electron chi connectivity index (χ0n) is 11.9. The molecule has 0 saturated carbocycles. The van der Waals surface area contributed by atoms with Crippen LogP contribution in [0.1, 0.15) is 6.92 Å². The van der Waals surface area contributed by atoms with Gasteiger partial charge in [0.1, 0.15) is 0 Å². The van der Waals surface area contributed by atoms with Gasteiger partial charge in [0.25, 0.3) is 0 Å². The van der Waals surface area contributed by atoms with Crippen molar-refractivity contribution in [1.29, 1.82) is 0 Å². The van der Waals surface area contributed by atoms with Crippen LogP contribution in [-0.4, -0.2) is 56.9 Å². The van der Waals surface area contributed by atoms with Crippen molar-refractivity contribution in [3.63, 3.8) is 0 Å². The molecule has 2 aromatic rings. The Hall–Kier alpha value is -2.28. The van der Waals surface area contributed by atoms with Gasteiger partial charge in [0.15, 0.2) is 5.65 Å². The third kappa shape index (κ3) is 2.48. The molecule has 3 heterocycles. The fraction of sp³-hybridized carbons (Fsp3) is 0.357. The zero-order valence-corrected chi connectivity index (χ0v) is 12.7. The average molecular weight is 323 g/mol. The summed E-state index contributed by atoms with van der Waals surface area (Å²) in [5.41, 5.74) is 1.13. The highest BCUT2D eigenvalue weighted by molar-refractivity contribution is 6.37. The van der Waals surface area contributed by atoms with Gasteiger partial charge in [-0.2, -0.15) is 4.98 Å². The molecule has 8 heteroatoms. The Kier molecular flexibility index (Phi) is 3.66. The summed E-state index contributed by atoms with van der Waals surface area (Å²) in [7, 11) is 0. The summed E-state index contributed by atoms with van der Waals surface area (Å²) in [4.78, 5) is 22.7. The molecule has 0 bridgehead atoms. The van der Waals surface area contributed by atoms with Crippen LogP contribution in [0.3, 0.4) is 0 Å². The van der Waals surface area contributed by atoms with Crippen molar-refractivity contribution in [2.45, 2.75) is 13.0 Å². The van der Waals surface area contributed by atoms with E-state index in [1.54, 1.807) is 12.3 Å². The van der Waals surface area contributed by atoms with Crippen molar-refractivity contribution >= 4 is 34.4 Å². The van der Waals surface area contributed by atoms with Crippen molar-refractivity contribution in [1.82, 2.24) is 14.9 Å². The minimum Gasteiger partial charge on any atom is -0.493 e. The Labute approximate surface area is 131 Å². The Morgan fingerprint density at radius 2 is 2.18 bits per heavy atom. The third-order valence-corrected chi connectivity index (χ3v) is 4.24. The minimum atomic E-state index is -0.908. The summed E-state index contributed by atoms with van der Waals surface area (Å²) in [6.45, 7) is 3.38. The second-order valence-corrected chi connectivity index (χ2v) is 5.65. The van der Waals surface area contributed by atoms with E-state index in [0.29, 0.717) is 35.7 Å². The van der Waals surface area contributed by atoms with E-state index in [2.05, 4.69) is 9.97 Å². The number of halogens is 1. The topological polar surface area (TPSA) is 89.8 Å². The van der Waals surface area contributed by atoms with Crippen LogP contribution in [0.15, 0.2) is 18.3 Å². The Bertz CT molecular complexity index is 739. The third-order valence-electron chi connectivity index (χ3n) is 3.84. The predicted octanol–water partition coefficient (Wildman–Crippen LogP) is 2.18. The highest BCUT2D eigenvalue weighted by Crippen LogP contribution is 2.33. The molecule has 22 heavy (non-hydrogen) atoms. The van der Waals surface area contributed by atoms with Crippen molar-refractivity contribution in [3.05, 3.63) is 23.4 Å². The van der Waals surface area contributed by atoms with Gasteiger partial charge < -0.3 is 20.0 Å². The molecule has 0 radical (unpaired) electrons. The van der Waals surface area contributed by atoms with Crippen LogP contribution in [0.25, 0.3) is 11.0 Å². The first-order chi connectivity index (χ1) is 10.5. The van der Waals surface area contributed by atoms with Gasteiger partial charge in [-0.05, 0) is 13.0 Å². The number of nitrogens with zero attached hydrogens (tertiary/aromatic N) is 4. The normalized spacial score (nSPS) is 18.7. The van der Waals surface area contributed by atoms with Gasteiger partial charge >= 0.3 is 6.09 Å². The number of amides is 1. The lowest BCUT2D eigenvalue weighted by Crippen LogP contribution is -2.53. The molecule has 2 N–H and O–H groups in total. The molecule has 1 atom stereocenters. The van der Waals surface area contributed by atoms with Crippen LogP contribution < -0.4 is 4.90 Å². The number of rotatable bonds is 1. The van der Waals surface area contributed by atoms with Crippen molar-refractivity contribution in [2.24, 2.45) is 0 Å². The molecule has 0 aromatic carbocycles. The van der Waals surface area contributed by atoms with Gasteiger partial charge in [0.05, 0.1) is 16.9 Å². The molecule has 0 unspecified atom stereocenters. The summed E-state index contributed by atoms with van der Waals surface area (Å²) in [5.74, 6) is -0.104. The molecule has 7 nitrogen and oxygen atoms in total. The maximum absolute atomic E-state index is 11.1. The first kappa shape index (κ1) is 14.6. The number of carboxylic acid groups (broad SMARTS) is 1. The standard InChI is InChI=1S/C14H15ClN4O3/c1-8-7-18(4-5-19(8)14(21)22)10-6-16-13-9(12(10)15)2-3-11(20)17-13/h2-3,6,8H,4-5,7H2,1H3,(H,21,22)(H,16,17,20)/t8-/m0/s1. The highest BCUT2D eigenvalue weighted by atomic mass is 35.5. The molecule has 116 valence electrons. The highest BCUT2D eigenvalue weighted by Gasteiger charge is 2.28. The van der Waals surface area contributed by atoms with Crippen LogP contribution in [0.4, 0.5) is 10.5 Å². The molecule has 2 aromatic heterocycles. The maximum atomic E-state index is 11.1. The second-order valence-electron chi connectivity index (χ2n) is 5.27. The Morgan fingerprint density at radius 1 is 1.41 bits per heavy atom. The van der Waals surface area contributed by atoms with Crippen LogP contribution in [0, 0.1) is 0 Å². The smallest absolute Gasteiger partial charge is 0.407 e. The van der Waals surface area contributed by atoms with Gasteiger partial charge in [-0.3, -0.25) is 0 Å². The van der Waals surface area contributed by atoms with Gasteiger partial charge in [0, 0.05) is 37.1 Å². The number of aromatic hydroxyl groups is 1. The number of aromatic nitrogens is 2. The van der Waals surface area contributed by atoms with E-state index in [-0.39, 0.29) is 11.9 Å². The van der Waals surface area contributed by atoms with E-state index < -0.39 is 6.09 Å². The molecular formula is C14H15ClN4O3. The summed E-state index contributed by atoms with van der Waals surface area (Å²) in [6.07, 6.45) is 0.704. The van der Waals surface area contributed by atoms with Crippen molar-refractivity contribution in [2.75, 3.05) is 24.5 Å². The maximum Gasteiger partial charge on any atom is 0.407 e. The largest absolute Gasteiger partial charge is 0.493 e. The molecular weight excluding hydrogens is 308 g/mol. The zero-order chi connectivity index (χ0) is 15.9. The molecule has 1 fully saturated rings. The summed E-state index contributed by atoms with van der Waals surface area (Å²) in [5, 5.41) is 19.7. The van der Waals surface area contributed by atoms with E-state index in [4.69, 9.17) is 16.7 Å². The minimum absolute atomic E-state index is 0.104. The first-order valence-corrected chi connectivity index (χ1v) is 7.24. The van der Waals surface area contributed by atoms with E-state index in [1.807, 2.05) is 11.8 Å². The van der Waals surface area contributed by atoms with Gasteiger partial charge in [0.2, 0.25) is 5.88 Å². The van der Waals surface area contributed by atoms with Crippen molar-refractivity contribution < 1.29 is 15.0 Å². The second kappa shape index (κ2) is 5.49. The fourth-order valence-electron chi connectivity index (χ4n) is 2.71. The number of hydrogen-bond acceptors (Lipinski definition) is 5. The molecule has 0 aliphatic carbocycles. The number of fused-ring (bicyclic) bond motifs is 1. The molecule has 0 spiro atoms. The number of carbonyl (C=O) groups is 1. The lowest BCUT2D eigenvalue weighted by atomic mass is 10.1. The van der Waals surface area contributed by atoms with Gasteiger partial charge in [-0.15, -0.1) is 0 Å². The quantitative estimate of drug-likeness (QED) is 0.836. The molecule has 1 aliphatic rings. The molecule has 1 saturated heterocycles. The molecule has 1 amide bonds. The monoisotopic (exact) mass is 322 g/mol. The molecule has 3 rings (SSSR count). The van der Waals surface area contributed by atoms with Gasteiger partial charge in [-0.1, -0.05) is 11.6 Å². The number of hydrogen-bond donors (Lipinski definition) is 2. The van der Waals surface area contributed by atoms with Gasteiger partial charge in [-0.25, -0.2) is 9.78 Å². The summed E-state index contributed by atoms with van der Waals surface area (Å²) >= 11 is 6.44. The van der Waals surface area contributed by atoms with Crippen molar-refractivity contribution in [3.8, 4) is 5.88 Å². The van der Waals surface area contributed by atoms with Crippen LogP contribution in [0.5, 0.6) is 5.88 Å². The van der Waals surface area contributed by atoms with Crippen LogP contribution in [-0.2, 0) is 0 Å². The predicted molar refractivity (Wildman–Crippen MR) is 82.6 cm³/mol. The van der Waals surface area contributed by atoms with E-state index >= 15 is 0 Å². The fourth-order valence-corrected chi connectivity index (χ4v) is 3.02. The molecule has 1 aliphatic heterocycles. The van der Waals surface area contributed by atoms with Crippen LogP contribution in [0.2, 0.25) is 5.02 Å². The SMILES string of the molecule is C[C@H]1CN(c2cnc3nc(O)ccc3c2Cl)CCN1C(=O)O. The number of pyridine rings is 2. The average Bonchev–Trinajstić information content (AvgIpc) is 2.47.